The fraction of sp³-hybridized carbons (Fsp3) is 0.960. The number of nitrogens with zero attached hydrogens (tertiary/aromatic N) is 1. The first-order valence-electron chi connectivity index (χ1n) is 12.8. The van der Waals surface area contributed by atoms with Crippen LogP contribution in [0, 0.1) is 52.3 Å². The Balaban J connectivity index is 1.26. The van der Waals surface area contributed by atoms with Crippen molar-refractivity contribution >= 4 is 11.9 Å². The van der Waals surface area contributed by atoms with E-state index in [4.69, 9.17) is 0 Å². The van der Waals surface area contributed by atoms with Gasteiger partial charge in [-0.15, -0.1) is 0 Å². The van der Waals surface area contributed by atoms with E-state index in [1.807, 2.05) is 0 Å². The van der Waals surface area contributed by atoms with Gasteiger partial charge in [0, 0.05) is 23.9 Å². The molecule has 168 valence electrons. The van der Waals surface area contributed by atoms with Crippen molar-refractivity contribution in [2.75, 3.05) is 19.6 Å². The van der Waals surface area contributed by atoms with Crippen LogP contribution >= 0.6 is 11.9 Å². The molecule has 0 radical (unpaired) electrons. The molecule has 5 aliphatic rings. The molecule has 2 saturated carbocycles. The summed E-state index contributed by atoms with van der Waals surface area (Å²) in [6, 6.07) is 4.01. The van der Waals surface area contributed by atoms with E-state index in [-0.39, 0.29) is 5.41 Å². The molecular formula is C25H42N4S. The third kappa shape index (κ3) is 4.07. The molecule has 3 N–H and O–H groups in total. The highest BCUT2D eigenvalue weighted by Gasteiger charge is 2.52. The third-order valence-electron chi connectivity index (χ3n) is 9.78. The van der Waals surface area contributed by atoms with Crippen LogP contribution in [0.1, 0.15) is 71.6 Å². The molecule has 7 unspecified atom stereocenters. The molecule has 5 rings (SSSR count). The average molecular weight is 431 g/mol. The Labute approximate surface area is 188 Å². The van der Waals surface area contributed by atoms with E-state index in [1.165, 1.54) is 77.4 Å². The van der Waals surface area contributed by atoms with Gasteiger partial charge in [-0.2, -0.15) is 5.26 Å². The molecule has 2 aliphatic carbocycles. The van der Waals surface area contributed by atoms with Gasteiger partial charge < -0.3 is 10.6 Å². The summed E-state index contributed by atoms with van der Waals surface area (Å²) in [5.41, 5.74) is -0.154. The zero-order valence-electron chi connectivity index (χ0n) is 19.0. The summed E-state index contributed by atoms with van der Waals surface area (Å²) < 4.78 is 3.88. The fourth-order valence-corrected chi connectivity index (χ4v) is 9.43. The number of piperidine rings is 2. The fourth-order valence-electron chi connectivity index (χ4n) is 7.85. The maximum Gasteiger partial charge on any atom is 0.0686 e. The molecule has 5 heteroatoms. The summed E-state index contributed by atoms with van der Waals surface area (Å²) >= 11 is 2.09. The zero-order valence-corrected chi connectivity index (χ0v) is 19.9. The molecule has 30 heavy (non-hydrogen) atoms. The zero-order chi connectivity index (χ0) is 20.7. The molecule has 3 saturated heterocycles. The number of nitriles is 1. The van der Waals surface area contributed by atoms with Crippen LogP contribution in [0.3, 0.4) is 0 Å². The van der Waals surface area contributed by atoms with Crippen LogP contribution in [-0.4, -0.2) is 37.0 Å². The van der Waals surface area contributed by atoms with Crippen molar-refractivity contribution in [2.45, 2.75) is 89.0 Å². The summed E-state index contributed by atoms with van der Waals surface area (Å²) in [4.78, 5) is 0. The van der Waals surface area contributed by atoms with E-state index in [0.29, 0.717) is 12.0 Å². The summed E-state index contributed by atoms with van der Waals surface area (Å²) in [5.74, 6) is 5.02. The molecule has 0 aromatic rings. The maximum absolute atomic E-state index is 9.56. The second-order valence-electron chi connectivity index (χ2n) is 11.7. The number of rotatable bonds is 3. The monoisotopic (exact) mass is 430 g/mol. The first kappa shape index (κ1) is 21.6. The quantitative estimate of drug-likeness (QED) is 0.582. The van der Waals surface area contributed by atoms with Crippen molar-refractivity contribution in [3.63, 3.8) is 0 Å². The van der Waals surface area contributed by atoms with Crippen LogP contribution in [0.15, 0.2) is 0 Å². The predicted octanol–water partition coefficient (Wildman–Crippen LogP) is 4.34. The Kier molecular flexibility index (Phi) is 6.42. The minimum atomic E-state index is -0.154. The first-order valence-corrected chi connectivity index (χ1v) is 13.7. The molecule has 3 aliphatic heterocycles. The van der Waals surface area contributed by atoms with Crippen LogP contribution in [-0.2, 0) is 0 Å². The molecular weight excluding hydrogens is 388 g/mol. The number of fused-ring (bicyclic) bond motifs is 3. The van der Waals surface area contributed by atoms with E-state index in [0.717, 1.165) is 40.9 Å². The summed E-state index contributed by atoms with van der Waals surface area (Å²) in [5, 5.41) is 18.0. The molecule has 0 aromatic heterocycles. The van der Waals surface area contributed by atoms with Crippen molar-refractivity contribution < 1.29 is 0 Å². The minimum Gasteiger partial charge on any atom is -0.316 e. The average Bonchev–Trinajstić information content (AvgIpc) is 3.24. The Bertz CT molecular complexity index is 632. The normalized spacial score (nSPS) is 47.2. The molecule has 0 aromatic carbocycles. The van der Waals surface area contributed by atoms with E-state index in [1.54, 1.807) is 0 Å². The number of hydrogen-bond acceptors (Lipinski definition) is 5. The van der Waals surface area contributed by atoms with Gasteiger partial charge in [0.15, 0.2) is 0 Å². The lowest BCUT2D eigenvalue weighted by atomic mass is 9.61. The molecule has 0 spiro atoms. The smallest absolute Gasteiger partial charge is 0.0686 e. The highest BCUT2D eigenvalue weighted by Crippen LogP contribution is 2.52. The van der Waals surface area contributed by atoms with Crippen LogP contribution in [0.4, 0.5) is 0 Å². The Morgan fingerprint density at radius 2 is 1.70 bits per heavy atom. The van der Waals surface area contributed by atoms with Crippen LogP contribution in [0.5, 0.6) is 0 Å². The molecule has 4 nitrogen and oxygen atoms in total. The van der Waals surface area contributed by atoms with Gasteiger partial charge in [0.05, 0.1) is 11.5 Å². The second kappa shape index (κ2) is 8.93. The summed E-state index contributed by atoms with van der Waals surface area (Å²) in [6.45, 7) is 7.97. The van der Waals surface area contributed by atoms with E-state index < -0.39 is 0 Å². The molecule has 0 bridgehead atoms. The van der Waals surface area contributed by atoms with Gasteiger partial charge in [-0.05, 0) is 120 Å². The van der Waals surface area contributed by atoms with E-state index in [2.05, 4.69) is 47.2 Å². The van der Waals surface area contributed by atoms with E-state index in [9.17, 15) is 5.26 Å². The van der Waals surface area contributed by atoms with Crippen LogP contribution in [0.25, 0.3) is 0 Å². The highest BCUT2D eigenvalue weighted by molar-refractivity contribution is 7.98. The number of nitrogens with one attached hydrogen (secondary N) is 3. The third-order valence-corrected chi connectivity index (χ3v) is 11.2. The van der Waals surface area contributed by atoms with Gasteiger partial charge >= 0.3 is 0 Å². The largest absolute Gasteiger partial charge is 0.316 e. The maximum atomic E-state index is 9.56. The van der Waals surface area contributed by atoms with Crippen molar-refractivity contribution in [2.24, 2.45) is 40.9 Å². The van der Waals surface area contributed by atoms with Gasteiger partial charge in [0.1, 0.15) is 0 Å². The molecule has 3 heterocycles. The van der Waals surface area contributed by atoms with Crippen LogP contribution in [0.2, 0.25) is 0 Å². The highest BCUT2D eigenvalue weighted by atomic mass is 32.2. The van der Waals surface area contributed by atoms with Gasteiger partial charge in [-0.1, -0.05) is 11.9 Å². The Morgan fingerprint density at radius 1 is 0.900 bits per heavy atom. The Hall–Kier alpha value is -0.280. The van der Waals surface area contributed by atoms with Gasteiger partial charge in [-0.25, -0.2) is 0 Å². The van der Waals surface area contributed by atoms with Gasteiger partial charge in [0.2, 0.25) is 0 Å². The number of hydrogen-bond donors (Lipinski definition) is 3. The Morgan fingerprint density at radius 3 is 2.43 bits per heavy atom. The standard InChI is InChI=1S/C25H42N4S/c1-25(2,15-26)19-8-5-16(6-9-19)24-23-20-12-17(18-4-3-11-27-13-18)7-10-21(20)28-14-22(23)29-30-24/h16-24,27-29H,3-14H2,1-2H3. The first-order chi connectivity index (χ1) is 14.6. The summed E-state index contributed by atoms with van der Waals surface area (Å²) in [6.07, 6.45) is 12.3. The predicted molar refractivity (Wildman–Crippen MR) is 125 cm³/mol. The molecule has 0 amide bonds. The SMILES string of the molecule is CC(C)(C#N)C1CCC(C2SNC3CNC4CCC(C5CCCNC5)CC4C32)CC1. The second-order valence-corrected chi connectivity index (χ2v) is 12.7. The van der Waals surface area contributed by atoms with Crippen molar-refractivity contribution in [1.82, 2.24) is 15.4 Å². The van der Waals surface area contributed by atoms with Crippen molar-refractivity contribution in [1.29, 1.82) is 5.26 Å². The lowest BCUT2D eigenvalue weighted by Crippen LogP contribution is -2.59. The van der Waals surface area contributed by atoms with E-state index >= 15 is 0 Å². The lowest BCUT2D eigenvalue weighted by Gasteiger charge is -2.50. The summed E-state index contributed by atoms with van der Waals surface area (Å²) in [7, 11) is 0. The lowest BCUT2D eigenvalue weighted by molar-refractivity contribution is 0.0526. The minimum absolute atomic E-state index is 0.154. The van der Waals surface area contributed by atoms with Gasteiger partial charge in [0.25, 0.3) is 0 Å². The topological polar surface area (TPSA) is 59.9 Å². The molecule has 7 atom stereocenters. The molecule has 5 fully saturated rings. The van der Waals surface area contributed by atoms with Crippen LogP contribution < -0.4 is 15.4 Å². The van der Waals surface area contributed by atoms with Gasteiger partial charge in [-0.3, -0.25) is 4.72 Å². The van der Waals surface area contributed by atoms with Crippen molar-refractivity contribution in [3.05, 3.63) is 0 Å². The van der Waals surface area contributed by atoms with Crippen molar-refractivity contribution in [3.8, 4) is 6.07 Å².